The summed E-state index contributed by atoms with van der Waals surface area (Å²) in [5.41, 5.74) is 0.0534. The maximum Gasteiger partial charge on any atom is 0.294 e. The first-order valence-electron chi connectivity index (χ1n) is 5.28. The Balaban J connectivity index is 3.04. The summed E-state index contributed by atoms with van der Waals surface area (Å²) in [7, 11) is 0. The van der Waals surface area contributed by atoms with E-state index < -0.39 is 4.92 Å². The number of nitro groups is 1. The number of hydrogen-bond acceptors (Lipinski definition) is 5. The van der Waals surface area contributed by atoms with E-state index in [-0.39, 0.29) is 16.7 Å². The van der Waals surface area contributed by atoms with Crippen LogP contribution < -0.4 is 0 Å². The molecule has 0 bridgehead atoms. The van der Waals surface area contributed by atoms with Gasteiger partial charge in [0.2, 0.25) is 0 Å². The van der Waals surface area contributed by atoms with Gasteiger partial charge in [0, 0.05) is 11.3 Å². The molecule has 0 fully saturated rings. The Bertz CT molecular complexity index is 440. The van der Waals surface area contributed by atoms with Crippen LogP contribution in [-0.2, 0) is 0 Å². The van der Waals surface area contributed by atoms with E-state index in [0.29, 0.717) is 15.0 Å². The van der Waals surface area contributed by atoms with Crippen LogP contribution in [0, 0.1) is 16.0 Å². The molecule has 0 spiro atoms. The second-order valence-corrected chi connectivity index (χ2v) is 6.86. The van der Waals surface area contributed by atoms with Gasteiger partial charge in [-0.15, -0.1) is 23.1 Å². The molecule has 6 heteroatoms. The lowest BCUT2D eigenvalue weighted by Gasteiger charge is -2.12. The van der Waals surface area contributed by atoms with Crippen LogP contribution in [0.25, 0.3) is 0 Å². The first-order chi connectivity index (χ1) is 7.82. The van der Waals surface area contributed by atoms with E-state index in [9.17, 15) is 14.9 Å². The molecule has 4 nitrogen and oxygen atoms in total. The minimum absolute atomic E-state index is 0.0534. The molecule has 94 valence electrons. The molecule has 1 aromatic rings. The lowest BCUT2D eigenvalue weighted by atomic mass is 10.2. The number of rotatable bonds is 5. The number of carbonyl (C=O) groups excluding carboxylic acids is 1. The van der Waals surface area contributed by atoms with Crippen LogP contribution in [0.4, 0.5) is 5.69 Å². The highest BCUT2D eigenvalue weighted by atomic mass is 32.2. The maximum atomic E-state index is 11.2. The zero-order valence-corrected chi connectivity index (χ0v) is 11.9. The van der Waals surface area contributed by atoms with Crippen molar-refractivity contribution in [3.05, 3.63) is 21.1 Å². The summed E-state index contributed by atoms with van der Waals surface area (Å²) in [5, 5.41) is 11.2. The summed E-state index contributed by atoms with van der Waals surface area (Å²) in [6, 6.07) is 1.38. The topological polar surface area (TPSA) is 60.2 Å². The average molecular weight is 273 g/mol. The number of carbonyl (C=O) groups is 1. The summed E-state index contributed by atoms with van der Waals surface area (Å²) < 4.78 is 0.626. The smallest absolute Gasteiger partial charge is 0.294 e. The van der Waals surface area contributed by atoms with E-state index >= 15 is 0 Å². The quantitative estimate of drug-likeness (QED) is 0.352. The molecule has 0 amide bonds. The number of hydrogen-bond donors (Lipinski definition) is 0. The Morgan fingerprint density at radius 1 is 1.47 bits per heavy atom. The molecule has 1 atom stereocenters. The number of Topliss-reactive ketones (excluding diaryl/α,β-unsaturated/α-hetero) is 1. The van der Waals surface area contributed by atoms with Crippen LogP contribution in [-0.4, -0.2) is 16.0 Å². The van der Waals surface area contributed by atoms with Crippen LogP contribution in [0.5, 0.6) is 0 Å². The number of thiophene rings is 1. The third-order valence-corrected chi connectivity index (χ3v) is 5.35. The minimum Gasteiger partial charge on any atom is -0.294 e. The Kier molecular flexibility index (Phi) is 4.70. The van der Waals surface area contributed by atoms with E-state index in [1.54, 1.807) is 0 Å². The van der Waals surface area contributed by atoms with E-state index in [1.165, 1.54) is 36.1 Å². The fourth-order valence-corrected chi connectivity index (χ4v) is 3.59. The van der Waals surface area contributed by atoms with Gasteiger partial charge >= 0.3 is 0 Å². The van der Waals surface area contributed by atoms with Gasteiger partial charge < -0.3 is 0 Å². The van der Waals surface area contributed by atoms with Crippen molar-refractivity contribution >= 4 is 34.6 Å². The molecule has 17 heavy (non-hydrogen) atoms. The molecule has 1 heterocycles. The lowest BCUT2D eigenvalue weighted by Crippen LogP contribution is -2.05. The molecule has 1 unspecified atom stereocenters. The first-order valence-corrected chi connectivity index (χ1v) is 6.98. The summed E-state index contributed by atoms with van der Waals surface area (Å²) in [5.74, 6) is 0.310. The second-order valence-electron chi connectivity index (χ2n) is 4.16. The molecule has 0 aliphatic carbocycles. The number of thioether (sulfide) groups is 1. The Morgan fingerprint density at radius 2 is 2.06 bits per heavy atom. The van der Waals surface area contributed by atoms with Crippen molar-refractivity contribution in [3.63, 3.8) is 0 Å². The minimum atomic E-state index is -0.418. The molecule has 1 rings (SSSR count). The van der Waals surface area contributed by atoms with Crippen molar-refractivity contribution in [3.8, 4) is 0 Å². The van der Waals surface area contributed by atoms with Crippen LogP contribution in [0.1, 0.15) is 37.4 Å². The molecular formula is C11H15NO3S2. The maximum absolute atomic E-state index is 11.2. The van der Waals surface area contributed by atoms with Crippen molar-refractivity contribution in [2.75, 3.05) is 0 Å². The van der Waals surface area contributed by atoms with E-state index in [0.717, 1.165) is 0 Å². The van der Waals surface area contributed by atoms with Crippen molar-refractivity contribution in [2.45, 2.75) is 37.2 Å². The molecular weight excluding hydrogens is 258 g/mol. The predicted molar refractivity (Wildman–Crippen MR) is 71.1 cm³/mol. The van der Waals surface area contributed by atoms with Crippen LogP contribution in [0.15, 0.2) is 10.3 Å². The molecule has 0 aliphatic rings. The molecule has 0 aromatic carbocycles. The average Bonchev–Trinajstić information content (AvgIpc) is 2.61. The van der Waals surface area contributed by atoms with Gasteiger partial charge in [-0.05, 0) is 12.8 Å². The normalized spacial score (nSPS) is 12.8. The highest BCUT2D eigenvalue weighted by Gasteiger charge is 2.23. The Hall–Kier alpha value is -0.880. The van der Waals surface area contributed by atoms with Crippen LogP contribution in [0.2, 0.25) is 0 Å². The summed E-state index contributed by atoms with van der Waals surface area (Å²) in [6.45, 7) is 7.61. The van der Waals surface area contributed by atoms with Gasteiger partial charge in [0.15, 0.2) is 5.78 Å². The fraction of sp³-hybridized carbons (Fsp3) is 0.545. The summed E-state index contributed by atoms with van der Waals surface area (Å²) in [4.78, 5) is 22.2. The van der Waals surface area contributed by atoms with Gasteiger partial charge in [-0.1, -0.05) is 20.8 Å². The van der Waals surface area contributed by atoms with E-state index in [4.69, 9.17) is 0 Å². The van der Waals surface area contributed by atoms with Gasteiger partial charge in [0.25, 0.3) is 5.69 Å². The van der Waals surface area contributed by atoms with Gasteiger partial charge in [-0.25, -0.2) is 0 Å². The number of ketones is 1. The fourth-order valence-electron chi connectivity index (χ4n) is 1.05. The van der Waals surface area contributed by atoms with Gasteiger partial charge in [0.05, 0.1) is 9.80 Å². The predicted octanol–water partition coefficient (Wildman–Crippen LogP) is 4.00. The van der Waals surface area contributed by atoms with Crippen molar-refractivity contribution in [1.29, 1.82) is 0 Å². The van der Waals surface area contributed by atoms with Crippen LogP contribution in [0.3, 0.4) is 0 Å². The SMILES string of the molecule is CC(=O)c1cc([N+](=O)[O-])c(SC(C)C(C)C)s1. The number of nitrogens with zero attached hydrogens (tertiary/aromatic N) is 1. The first kappa shape index (κ1) is 14.2. The molecule has 0 N–H and O–H groups in total. The third kappa shape index (κ3) is 3.54. The van der Waals surface area contributed by atoms with Crippen LogP contribution >= 0.6 is 23.1 Å². The lowest BCUT2D eigenvalue weighted by molar-refractivity contribution is -0.387. The Labute approximate surface area is 109 Å². The molecule has 0 radical (unpaired) electrons. The summed E-state index contributed by atoms with van der Waals surface area (Å²) in [6.07, 6.45) is 0. The van der Waals surface area contributed by atoms with Gasteiger partial charge in [0.1, 0.15) is 4.21 Å². The molecule has 0 saturated carbocycles. The van der Waals surface area contributed by atoms with E-state index in [1.807, 2.05) is 6.92 Å². The standard InChI is InChI=1S/C11H15NO3S2/c1-6(2)8(4)16-11-9(12(14)15)5-10(17-11)7(3)13/h5-6,8H,1-4H3. The third-order valence-electron chi connectivity index (χ3n) is 2.46. The van der Waals surface area contributed by atoms with Crippen molar-refractivity contribution in [2.24, 2.45) is 5.92 Å². The van der Waals surface area contributed by atoms with Gasteiger partial charge in [-0.2, -0.15) is 0 Å². The van der Waals surface area contributed by atoms with E-state index in [2.05, 4.69) is 13.8 Å². The Morgan fingerprint density at radius 3 is 2.47 bits per heavy atom. The zero-order valence-electron chi connectivity index (χ0n) is 10.2. The largest absolute Gasteiger partial charge is 0.294 e. The molecule has 0 saturated heterocycles. The molecule has 1 aromatic heterocycles. The highest BCUT2D eigenvalue weighted by molar-refractivity contribution is 8.01. The monoisotopic (exact) mass is 273 g/mol. The summed E-state index contributed by atoms with van der Waals surface area (Å²) >= 11 is 2.68. The highest BCUT2D eigenvalue weighted by Crippen LogP contribution is 2.41. The molecule has 0 aliphatic heterocycles. The second kappa shape index (κ2) is 5.64. The zero-order chi connectivity index (χ0) is 13.2. The van der Waals surface area contributed by atoms with Crippen molar-refractivity contribution in [1.82, 2.24) is 0 Å². The van der Waals surface area contributed by atoms with Crippen molar-refractivity contribution < 1.29 is 9.72 Å². The van der Waals surface area contributed by atoms with Gasteiger partial charge in [-0.3, -0.25) is 14.9 Å².